The van der Waals surface area contributed by atoms with Gasteiger partial charge >= 0.3 is 0 Å². The molecular formula is C18H24N4O. The summed E-state index contributed by atoms with van der Waals surface area (Å²) in [6, 6.07) is 12.1. The molecule has 1 N–H and O–H groups in total. The van der Waals surface area contributed by atoms with Gasteiger partial charge in [0.15, 0.2) is 5.69 Å². The second-order valence-electron chi connectivity index (χ2n) is 6.43. The summed E-state index contributed by atoms with van der Waals surface area (Å²) in [6.45, 7) is 7.35. The molecule has 3 rings (SSSR count). The molecule has 23 heavy (non-hydrogen) atoms. The van der Waals surface area contributed by atoms with Gasteiger partial charge < -0.3 is 10.2 Å². The van der Waals surface area contributed by atoms with E-state index < -0.39 is 0 Å². The average molecular weight is 312 g/mol. The normalized spacial score (nSPS) is 18.5. The van der Waals surface area contributed by atoms with E-state index >= 15 is 0 Å². The summed E-state index contributed by atoms with van der Waals surface area (Å²) in [6.07, 6.45) is 2.97. The molecule has 5 nitrogen and oxygen atoms in total. The number of rotatable bonds is 5. The number of para-hydroxylation sites is 1. The lowest BCUT2D eigenvalue weighted by molar-refractivity contribution is 0.0941. The molecule has 0 aliphatic carbocycles. The monoisotopic (exact) mass is 312 g/mol. The quantitative estimate of drug-likeness (QED) is 0.922. The number of amides is 1. The summed E-state index contributed by atoms with van der Waals surface area (Å²) in [5.74, 6) is 0.445. The van der Waals surface area contributed by atoms with Gasteiger partial charge in [0.25, 0.3) is 5.91 Å². The van der Waals surface area contributed by atoms with Crippen LogP contribution in [0.1, 0.15) is 30.8 Å². The molecule has 0 spiro atoms. The van der Waals surface area contributed by atoms with Crippen molar-refractivity contribution in [2.45, 2.75) is 26.3 Å². The number of carbonyl (C=O) groups is 1. The van der Waals surface area contributed by atoms with Crippen LogP contribution in [0.4, 0.5) is 0 Å². The van der Waals surface area contributed by atoms with E-state index in [9.17, 15) is 4.79 Å². The topological polar surface area (TPSA) is 50.2 Å². The summed E-state index contributed by atoms with van der Waals surface area (Å²) in [5, 5.41) is 7.39. The Balaban J connectivity index is 1.54. The van der Waals surface area contributed by atoms with Crippen molar-refractivity contribution in [1.82, 2.24) is 20.0 Å². The minimum Gasteiger partial charge on any atom is -0.350 e. The number of likely N-dealkylation sites (tertiary alicyclic amines) is 1. The van der Waals surface area contributed by atoms with E-state index in [1.54, 1.807) is 10.7 Å². The van der Waals surface area contributed by atoms with E-state index in [0.717, 1.165) is 31.7 Å². The maximum absolute atomic E-state index is 12.3. The average Bonchev–Trinajstić information content (AvgIpc) is 3.23. The number of nitrogens with one attached hydrogen (secondary N) is 1. The first-order chi connectivity index (χ1) is 11.1. The van der Waals surface area contributed by atoms with Gasteiger partial charge in [0.2, 0.25) is 0 Å². The highest BCUT2D eigenvalue weighted by Crippen LogP contribution is 2.17. The molecule has 1 atom stereocenters. The van der Waals surface area contributed by atoms with E-state index in [0.29, 0.717) is 17.7 Å². The number of nitrogens with zero attached hydrogens (tertiary/aromatic N) is 3. The molecule has 5 heteroatoms. The summed E-state index contributed by atoms with van der Waals surface area (Å²) in [4.78, 5) is 14.7. The standard InChI is InChI=1S/C18H24N4O/c1-14(2)21-10-8-15(13-21)12-19-18(23)17-9-11-22(20-17)16-6-4-3-5-7-16/h3-7,9,11,14-15H,8,10,12-13H2,1-2H3,(H,19,23)/t15-/m0/s1. The van der Waals surface area contributed by atoms with Crippen LogP contribution in [-0.4, -0.2) is 46.3 Å². The largest absolute Gasteiger partial charge is 0.350 e. The Morgan fingerprint density at radius 1 is 1.30 bits per heavy atom. The zero-order valence-corrected chi connectivity index (χ0v) is 13.8. The molecule has 0 saturated carbocycles. The molecule has 0 unspecified atom stereocenters. The maximum Gasteiger partial charge on any atom is 0.271 e. The van der Waals surface area contributed by atoms with Gasteiger partial charge in [0.05, 0.1) is 5.69 Å². The molecule has 1 aromatic carbocycles. The summed E-state index contributed by atoms with van der Waals surface area (Å²) in [5.41, 5.74) is 1.42. The lowest BCUT2D eigenvalue weighted by atomic mass is 10.1. The molecule has 2 aromatic rings. The Hall–Kier alpha value is -2.14. The Labute approximate surface area is 137 Å². The predicted octanol–water partition coefficient (Wildman–Crippen LogP) is 2.33. The van der Waals surface area contributed by atoms with Crippen LogP contribution < -0.4 is 5.32 Å². The highest BCUT2D eigenvalue weighted by atomic mass is 16.1. The molecule has 1 aromatic heterocycles. The van der Waals surface area contributed by atoms with E-state index in [1.807, 2.05) is 36.5 Å². The molecule has 1 fully saturated rings. The summed E-state index contributed by atoms with van der Waals surface area (Å²) in [7, 11) is 0. The van der Waals surface area contributed by atoms with E-state index in [-0.39, 0.29) is 5.91 Å². The third kappa shape index (κ3) is 3.79. The molecule has 1 saturated heterocycles. The fourth-order valence-electron chi connectivity index (χ4n) is 3.00. The molecule has 0 radical (unpaired) electrons. The molecule has 1 aliphatic rings. The van der Waals surface area contributed by atoms with Gasteiger partial charge in [-0.05, 0) is 50.9 Å². The Kier molecular flexibility index (Phi) is 4.76. The third-order valence-electron chi connectivity index (χ3n) is 4.44. The molecule has 2 heterocycles. The zero-order valence-electron chi connectivity index (χ0n) is 13.8. The summed E-state index contributed by atoms with van der Waals surface area (Å²) < 4.78 is 1.73. The van der Waals surface area contributed by atoms with Crippen molar-refractivity contribution in [3.05, 3.63) is 48.3 Å². The first-order valence-corrected chi connectivity index (χ1v) is 8.27. The number of aromatic nitrogens is 2. The zero-order chi connectivity index (χ0) is 16.2. The van der Waals surface area contributed by atoms with E-state index in [4.69, 9.17) is 0 Å². The Morgan fingerprint density at radius 2 is 2.09 bits per heavy atom. The van der Waals surface area contributed by atoms with Gasteiger partial charge in [-0.2, -0.15) is 5.10 Å². The maximum atomic E-state index is 12.3. The highest BCUT2D eigenvalue weighted by molar-refractivity contribution is 5.92. The summed E-state index contributed by atoms with van der Waals surface area (Å²) >= 11 is 0. The lowest BCUT2D eigenvalue weighted by Crippen LogP contribution is -2.33. The molecule has 1 amide bonds. The van der Waals surface area contributed by atoms with Crippen LogP contribution in [0.5, 0.6) is 0 Å². The lowest BCUT2D eigenvalue weighted by Gasteiger charge is -2.20. The van der Waals surface area contributed by atoms with Gasteiger partial charge in [0, 0.05) is 25.3 Å². The first kappa shape index (κ1) is 15.7. The van der Waals surface area contributed by atoms with Crippen molar-refractivity contribution in [2.24, 2.45) is 5.92 Å². The van der Waals surface area contributed by atoms with Crippen molar-refractivity contribution >= 4 is 5.91 Å². The van der Waals surface area contributed by atoms with Crippen LogP contribution in [-0.2, 0) is 0 Å². The van der Waals surface area contributed by atoms with Gasteiger partial charge in [-0.25, -0.2) is 4.68 Å². The van der Waals surface area contributed by atoms with Crippen LogP contribution in [0.2, 0.25) is 0 Å². The minimum atomic E-state index is -0.0947. The van der Waals surface area contributed by atoms with E-state index in [2.05, 4.69) is 29.2 Å². The number of benzene rings is 1. The van der Waals surface area contributed by atoms with Crippen molar-refractivity contribution in [3.63, 3.8) is 0 Å². The first-order valence-electron chi connectivity index (χ1n) is 8.27. The minimum absolute atomic E-state index is 0.0947. The second kappa shape index (κ2) is 6.96. The van der Waals surface area contributed by atoms with Gasteiger partial charge in [-0.15, -0.1) is 0 Å². The van der Waals surface area contributed by atoms with Crippen molar-refractivity contribution < 1.29 is 4.79 Å². The van der Waals surface area contributed by atoms with Gasteiger partial charge in [0.1, 0.15) is 0 Å². The molecular weight excluding hydrogens is 288 g/mol. The SMILES string of the molecule is CC(C)N1CC[C@@H](CNC(=O)c2ccn(-c3ccccc3)n2)C1. The highest BCUT2D eigenvalue weighted by Gasteiger charge is 2.24. The van der Waals surface area contributed by atoms with Crippen LogP contribution in [0.25, 0.3) is 5.69 Å². The Morgan fingerprint density at radius 3 is 2.78 bits per heavy atom. The van der Waals surface area contributed by atoms with Gasteiger partial charge in [-0.3, -0.25) is 4.79 Å². The molecule has 1 aliphatic heterocycles. The third-order valence-corrected chi connectivity index (χ3v) is 4.44. The second-order valence-corrected chi connectivity index (χ2v) is 6.43. The van der Waals surface area contributed by atoms with Crippen LogP contribution in [0.15, 0.2) is 42.6 Å². The molecule has 122 valence electrons. The van der Waals surface area contributed by atoms with Crippen LogP contribution in [0.3, 0.4) is 0 Å². The number of carbonyl (C=O) groups excluding carboxylic acids is 1. The van der Waals surface area contributed by atoms with Crippen molar-refractivity contribution in [2.75, 3.05) is 19.6 Å². The van der Waals surface area contributed by atoms with Crippen molar-refractivity contribution in [1.29, 1.82) is 0 Å². The molecule has 0 bridgehead atoms. The smallest absolute Gasteiger partial charge is 0.271 e. The Bertz CT molecular complexity index is 650. The van der Waals surface area contributed by atoms with Crippen LogP contribution in [0, 0.1) is 5.92 Å². The number of hydrogen-bond donors (Lipinski definition) is 1. The number of hydrogen-bond acceptors (Lipinski definition) is 3. The van der Waals surface area contributed by atoms with Crippen molar-refractivity contribution in [3.8, 4) is 5.69 Å². The van der Waals surface area contributed by atoms with Crippen LogP contribution >= 0.6 is 0 Å². The predicted molar refractivity (Wildman–Crippen MR) is 90.7 cm³/mol. The fraction of sp³-hybridized carbons (Fsp3) is 0.444. The van der Waals surface area contributed by atoms with E-state index in [1.165, 1.54) is 0 Å². The fourth-order valence-corrected chi connectivity index (χ4v) is 3.00. The van der Waals surface area contributed by atoms with Gasteiger partial charge in [-0.1, -0.05) is 18.2 Å².